The number of nitrogens with zero attached hydrogens (tertiary/aromatic N) is 1. The first-order valence-corrected chi connectivity index (χ1v) is 7.31. The number of rotatable bonds is 3. The number of hydrogen-bond donors (Lipinski definition) is 2. The Balaban J connectivity index is 2.21. The number of amidine groups is 1. The van der Waals surface area contributed by atoms with E-state index in [4.69, 9.17) is 27.3 Å². The van der Waals surface area contributed by atoms with E-state index in [0.29, 0.717) is 28.2 Å². The van der Waals surface area contributed by atoms with Gasteiger partial charge in [0.15, 0.2) is 5.84 Å². The Morgan fingerprint density at radius 1 is 1.30 bits per heavy atom. The Kier molecular flexibility index (Phi) is 4.76. The zero-order valence-corrected chi connectivity index (χ0v) is 12.6. The van der Waals surface area contributed by atoms with Crippen molar-refractivity contribution >= 4 is 17.4 Å². The van der Waals surface area contributed by atoms with Crippen LogP contribution in [0.1, 0.15) is 38.7 Å². The van der Waals surface area contributed by atoms with Gasteiger partial charge in [0.25, 0.3) is 0 Å². The van der Waals surface area contributed by atoms with Crippen LogP contribution >= 0.6 is 11.6 Å². The van der Waals surface area contributed by atoms with Crippen molar-refractivity contribution in [3.05, 3.63) is 28.8 Å². The monoisotopic (exact) mass is 296 g/mol. The number of oxime groups is 1. The van der Waals surface area contributed by atoms with E-state index in [2.05, 4.69) is 19.0 Å². The number of benzene rings is 1. The minimum absolute atomic E-state index is 0.0357. The molecule has 0 radical (unpaired) electrons. The smallest absolute Gasteiger partial charge is 0.173 e. The highest BCUT2D eigenvalue weighted by Gasteiger charge is 2.26. The highest BCUT2D eigenvalue weighted by Crippen LogP contribution is 2.33. The Hall–Kier alpha value is -1.42. The number of hydrogen-bond acceptors (Lipinski definition) is 3. The van der Waals surface area contributed by atoms with E-state index < -0.39 is 0 Å². The molecule has 0 aliphatic heterocycles. The summed E-state index contributed by atoms with van der Waals surface area (Å²) in [6.07, 6.45) is 3.43. The van der Waals surface area contributed by atoms with Gasteiger partial charge in [-0.05, 0) is 49.3 Å². The fraction of sp³-hybridized carbons (Fsp3) is 0.533. The van der Waals surface area contributed by atoms with Crippen LogP contribution in [0.5, 0.6) is 5.75 Å². The zero-order chi connectivity index (χ0) is 14.7. The largest absolute Gasteiger partial charge is 0.490 e. The lowest BCUT2D eigenvalue weighted by Crippen LogP contribution is -2.29. The van der Waals surface area contributed by atoms with Gasteiger partial charge in [-0.1, -0.05) is 30.6 Å². The summed E-state index contributed by atoms with van der Waals surface area (Å²) in [5, 5.41) is 12.5. The fourth-order valence-electron chi connectivity index (χ4n) is 3.01. The Morgan fingerprint density at radius 3 is 2.55 bits per heavy atom. The van der Waals surface area contributed by atoms with Crippen molar-refractivity contribution in [2.45, 2.75) is 39.2 Å². The summed E-state index contributed by atoms with van der Waals surface area (Å²) in [7, 11) is 0. The van der Waals surface area contributed by atoms with Gasteiger partial charge in [-0.15, -0.1) is 0 Å². The molecule has 1 aliphatic carbocycles. The number of halogens is 1. The highest BCUT2D eigenvalue weighted by atomic mass is 35.5. The molecule has 0 bridgehead atoms. The van der Waals surface area contributed by atoms with Gasteiger partial charge < -0.3 is 15.7 Å². The van der Waals surface area contributed by atoms with Crippen LogP contribution in [-0.2, 0) is 0 Å². The highest BCUT2D eigenvalue weighted by molar-refractivity contribution is 6.30. The SMILES string of the molecule is CC1CC(C)CC(Oc2cc(Cl)ccc2C(N)=NO)C1. The van der Waals surface area contributed by atoms with Crippen LogP contribution in [0.15, 0.2) is 23.4 Å². The Bertz CT molecular complexity index is 495. The fourth-order valence-corrected chi connectivity index (χ4v) is 3.17. The van der Waals surface area contributed by atoms with Gasteiger partial charge in [0.2, 0.25) is 0 Å². The molecule has 5 heteroatoms. The average Bonchev–Trinajstić information content (AvgIpc) is 2.37. The maximum atomic E-state index is 8.85. The van der Waals surface area contributed by atoms with E-state index in [1.165, 1.54) is 6.42 Å². The molecule has 1 saturated carbocycles. The maximum absolute atomic E-state index is 8.85. The molecule has 0 heterocycles. The van der Waals surface area contributed by atoms with Crippen molar-refractivity contribution < 1.29 is 9.94 Å². The second kappa shape index (κ2) is 6.35. The topological polar surface area (TPSA) is 67.8 Å². The first kappa shape index (κ1) is 15.0. The van der Waals surface area contributed by atoms with Crippen LogP contribution in [0.4, 0.5) is 0 Å². The molecule has 0 spiro atoms. The summed E-state index contributed by atoms with van der Waals surface area (Å²) < 4.78 is 6.07. The van der Waals surface area contributed by atoms with Gasteiger partial charge in [-0.2, -0.15) is 0 Å². The summed E-state index contributed by atoms with van der Waals surface area (Å²) in [5.74, 6) is 1.91. The molecule has 1 aromatic carbocycles. The Labute approximate surface area is 124 Å². The summed E-state index contributed by atoms with van der Waals surface area (Å²) >= 11 is 6.02. The van der Waals surface area contributed by atoms with E-state index in [1.54, 1.807) is 18.2 Å². The van der Waals surface area contributed by atoms with Gasteiger partial charge in [0, 0.05) is 5.02 Å². The summed E-state index contributed by atoms with van der Waals surface area (Å²) in [4.78, 5) is 0. The predicted octanol–water partition coefficient (Wildman–Crippen LogP) is 3.64. The lowest BCUT2D eigenvalue weighted by Gasteiger charge is -2.32. The molecule has 3 N–H and O–H groups in total. The van der Waals surface area contributed by atoms with Crippen LogP contribution < -0.4 is 10.5 Å². The van der Waals surface area contributed by atoms with Crippen LogP contribution in [0.2, 0.25) is 5.02 Å². The van der Waals surface area contributed by atoms with E-state index >= 15 is 0 Å². The van der Waals surface area contributed by atoms with Crippen molar-refractivity contribution in [3.63, 3.8) is 0 Å². The third-order valence-corrected chi connectivity index (χ3v) is 3.99. The van der Waals surface area contributed by atoms with E-state index in [0.717, 1.165) is 12.8 Å². The Morgan fingerprint density at radius 2 is 1.95 bits per heavy atom. The van der Waals surface area contributed by atoms with Crippen molar-refractivity contribution in [1.82, 2.24) is 0 Å². The van der Waals surface area contributed by atoms with Gasteiger partial charge in [0.05, 0.1) is 11.7 Å². The lowest BCUT2D eigenvalue weighted by atomic mass is 9.82. The third-order valence-electron chi connectivity index (χ3n) is 3.76. The third kappa shape index (κ3) is 3.57. The molecule has 2 atom stereocenters. The molecule has 0 amide bonds. The van der Waals surface area contributed by atoms with Crippen LogP contribution in [-0.4, -0.2) is 17.1 Å². The molecule has 0 saturated heterocycles. The summed E-state index contributed by atoms with van der Waals surface area (Å²) in [5.41, 5.74) is 6.25. The standard InChI is InChI=1S/C15H21ClN2O2/c1-9-5-10(2)7-12(6-9)20-14-8-11(16)3-4-13(14)15(17)18-19/h3-4,8-10,12,19H,5-7H2,1-2H3,(H2,17,18). The molecule has 2 rings (SSSR count). The number of ether oxygens (including phenoxy) is 1. The van der Waals surface area contributed by atoms with E-state index in [1.807, 2.05) is 0 Å². The molecular formula is C15H21ClN2O2. The second-order valence-corrected chi connectivity index (χ2v) is 6.22. The molecule has 110 valence electrons. The van der Waals surface area contributed by atoms with Crippen LogP contribution in [0, 0.1) is 11.8 Å². The molecule has 1 aromatic rings. The van der Waals surface area contributed by atoms with Crippen molar-refractivity contribution in [2.75, 3.05) is 0 Å². The number of nitrogens with two attached hydrogens (primary N) is 1. The van der Waals surface area contributed by atoms with E-state index in [9.17, 15) is 0 Å². The quantitative estimate of drug-likeness (QED) is 0.387. The van der Waals surface area contributed by atoms with Crippen molar-refractivity contribution in [3.8, 4) is 5.75 Å². The first-order chi connectivity index (χ1) is 9.49. The van der Waals surface area contributed by atoms with Crippen LogP contribution in [0.25, 0.3) is 0 Å². The van der Waals surface area contributed by atoms with Gasteiger partial charge in [-0.3, -0.25) is 0 Å². The molecule has 1 fully saturated rings. The molecule has 0 aromatic heterocycles. The zero-order valence-electron chi connectivity index (χ0n) is 11.8. The molecule has 4 nitrogen and oxygen atoms in total. The van der Waals surface area contributed by atoms with Gasteiger partial charge in [0.1, 0.15) is 5.75 Å². The van der Waals surface area contributed by atoms with Gasteiger partial charge >= 0.3 is 0 Å². The predicted molar refractivity (Wildman–Crippen MR) is 80.6 cm³/mol. The van der Waals surface area contributed by atoms with Crippen molar-refractivity contribution in [1.29, 1.82) is 0 Å². The van der Waals surface area contributed by atoms with E-state index in [-0.39, 0.29) is 11.9 Å². The second-order valence-electron chi connectivity index (χ2n) is 5.78. The maximum Gasteiger partial charge on any atom is 0.173 e. The minimum Gasteiger partial charge on any atom is -0.490 e. The molecular weight excluding hydrogens is 276 g/mol. The average molecular weight is 297 g/mol. The lowest BCUT2D eigenvalue weighted by molar-refractivity contribution is 0.101. The molecule has 20 heavy (non-hydrogen) atoms. The van der Waals surface area contributed by atoms with Crippen LogP contribution in [0.3, 0.4) is 0 Å². The van der Waals surface area contributed by atoms with Gasteiger partial charge in [-0.25, -0.2) is 0 Å². The minimum atomic E-state index is 0.0357. The normalized spacial score (nSPS) is 27.4. The summed E-state index contributed by atoms with van der Waals surface area (Å²) in [6.45, 7) is 4.49. The molecule has 1 aliphatic rings. The van der Waals surface area contributed by atoms with Crippen molar-refractivity contribution in [2.24, 2.45) is 22.7 Å². The summed E-state index contributed by atoms with van der Waals surface area (Å²) in [6, 6.07) is 5.13. The first-order valence-electron chi connectivity index (χ1n) is 6.93. The molecule has 2 unspecified atom stereocenters.